The molecule has 3 aromatic carbocycles. The fourth-order valence-electron chi connectivity index (χ4n) is 6.14. The second-order valence-corrected chi connectivity index (χ2v) is 11.8. The number of fused-ring (bicyclic) bond motifs is 4. The van der Waals surface area contributed by atoms with Crippen LogP contribution >= 0.6 is 11.8 Å². The molecule has 7 rings (SSSR count). The molecule has 0 N–H and O–H groups in total. The summed E-state index contributed by atoms with van der Waals surface area (Å²) in [6.07, 6.45) is 0.662. The van der Waals surface area contributed by atoms with E-state index in [-0.39, 0.29) is 54.7 Å². The number of morpholine rings is 1. The summed E-state index contributed by atoms with van der Waals surface area (Å²) in [5.41, 5.74) is 1.36. The Bertz CT molecular complexity index is 1860. The number of thioether (sulfide) groups is 1. The van der Waals surface area contributed by atoms with Crippen molar-refractivity contribution in [1.29, 1.82) is 0 Å². The van der Waals surface area contributed by atoms with E-state index < -0.39 is 41.0 Å². The van der Waals surface area contributed by atoms with Crippen molar-refractivity contribution in [3.05, 3.63) is 128 Å². The minimum atomic E-state index is -0.954. The molecule has 224 valence electrons. The minimum absolute atomic E-state index is 0.0134. The zero-order valence-electron chi connectivity index (χ0n) is 23.7. The van der Waals surface area contributed by atoms with Crippen LogP contribution in [0.3, 0.4) is 0 Å². The van der Waals surface area contributed by atoms with Crippen molar-refractivity contribution < 1.29 is 27.8 Å². The fourth-order valence-corrected chi connectivity index (χ4v) is 7.26. The highest BCUT2D eigenvalue weighted by atomic mass is 32.2. The molecule has 1 amide bonds. The van der Waals surface area contributed by atoms with Crippen molar-refractivity contribution in [2.75, 3.05) is 24.8 Å². The van der Waals surface area contributed by atoms with Gasteiger partial charge in [0.2, 0.25) is 5.43 Å². The molecule has 0 bridgehead atoms. The SMILES string of the molecule is CC(=O)c1cn2c(c(OCc3ccccc3)c1=O)C(=O)N1CCOC[C@H]1N2[C@H]1c2ccccc2SCc2c1ccc(F)c2F. The third-order valence-corrected chi connectivity index (χ3v) is 9.37. The van der Waals surface area contributed by atoms with Crippen molar-refractivity contribution in [1.82, 2.24) is 9.58 Å². The number of carbonyl (C=O) groups excluding carboxylic acids is 2. The van der Waals surface area contributed by atoms with Gasteiger partial charge in [-0.3, -0.25) is 24.1 Å². The van der Waals surface area contributed by atoms with Crippen molar-refractivity contribution in [2.45, 2.75) is 36.4 Å². The van der Waals surface area contributed by atoms with Crippen molar-refractivity contribution in [3.8, 4) is 5.75 Å². The van der Waals surface area contributed by atoms with Crippen LogP contribution in [0.2, 0.25) is 0 Å². The van der Waals surface area contributed by atoms with Crippen molar-refractivity contribution >= 4 is 23.5 Å². The van der Waals surface area contributed by atoms with Gasteiger partial charge in [-0.25, -0.2) is 8.78 Å². The normalized spacial score (nSPS) is 18.9. The third kappa shape index (κ3) is 4.58. The molecule has 8 nitrogen and oxygen atoms in total. The standard InChI is InChI=1S/C33H27F2N3O5S/c1-19(39)23-15-37-30(32(31(23)40)43-16-20-7-3-2-4-8-20)33(41)36-13-14-42-17-27(36)38(37)29-21-11-12-25(34)28(35)24(21)18-44-26-10-6-5-9-22(26)29/h2-12,15,27,29H,13-14,16-18H2,1H3/t27-,29-/m1/s1. The van der Waals surface area contributed by atoms with E-state index in [1.165, 1.54) is 29.6 Å². The average Bonchev–Trinajstić information content (AvgIpc) is 3.20. The predicted octanol–water partition coefficient (Wildman–Crippen LogP) is 5.05. The number of halogens is 2. The number of aromatic nitrogens is 1. The number of benzene rings is 3. The topological polar surface area (TPSA) is 81.1 Å². The first-order valence-electron chi connectivity index (χ1n) is 14.2. The van der Waals surface area contributed by atoms with E-state index in [0.29, 0.717) is 5.56 Å². The van der Waals surface area contributed by atoms with Gasteiger partial charge >= 0.3 is 0 Å². The smallest absolute Gasteiger partial charge is 0.278 e. The number of hydrogen-bond acceptors (Lipinski definition) is 7. The number of ketones is 1. The molecule has 11 heteroatoms. The molecule has 4 heterocycles. The predicted molar refractivity (Wildman–Crippen MR) is 160 cm³/mol. The lowest BCUT2D eigenvalue weighted by atomic mass is 9.93. The van der Waals surface area contributed by atoms with Crippen LogP contribution in [0.5, 0.6) is 5.75 Å². The number of pyridine rings is 1. The van der Waals surface area contributed by atoms with E-state index in [2.05, 4.69) is 0 Å². The Hall–Kier alpha value is -4.48. The Balaban J connectivity index is 1.51. The van der Waals surface area contributed by atoms with Crippen LogP contribution in [0.15, 0.2) is 82.6 Å². The summed E-state index contributed by atoms with van der Waals surface area (Å²) in [4.78, 5) is 43.3. The number of ether oxygens (including phenoxy) is 2. The molecule has 44 heavy (non-hydrogen) atoms. The highest BCUT2D eigenvalue weighted by Gasteiger charge is 2.47. The summed E-state index contributed by atoms with van der Waals surface area (Å²) in [5, 5.41) is 1.83. The third-order valence-electron chi connectivity index (χ3n) is 8.25. The van der Waals surface area contributed by atoms with Gasteiger partial charge in [0, 0.05) is 29.0 Å². The van der Waals surface area contributed by atoms with Crippen LogP contribution in [0, 0.1) is 11.6 Å². The first kappa shape index (κ1) is 28.3. The summed E-state index contributed by atoms with van der Waals surface area (Å²) in [7, 11) is 0. The van der Waals surface area contributed by atoms with Gasteiger partial charge in [0.15, 0.2) is 28.9 Å². The van der Waals surface area contributed by atoms with Crippen molar-refractivity contribution in [2.24, 2.45) is 0 Å². The minimum Gasteiger partial charge on any atom is -0.482 e. The zero-order valence-corrected chi connectivity index (χ0v) is 24.5. The monoisotopic (exact) mass is 615 g/mol. The Kier molecular flexibility index (Phi) is 7.22. The Morgan fingerprint density at radius 1 is 1.02 bits per heavy atom. The molecule has 1 aromatic heterocycles. The highest BCUT2D eigenvalue weighted by molar-refractivity contribution is 7.98. The summed E-state index contributed by atoms with van der Waals surface area (Å²) in [6.45, 7) is 1.88. The van der Waals surface area contributed by atoms with E-state index in [0.717, 1.165) is 22.1 Å². The number of nitrogens with zero attached hydrogens (tertiary/aromatic N) is 3. The van der Waals surface area contributed by atoms with E-state index in [1.54, 1.807) is 11.0 Å². The van der Waals surface area contributed by atoms with E-state index in [1.807, 2.05) is 59.6 Å². The largest absolute Gasteiger partial charge is 0.482 e. The summed E-state index contributed by atoms with van der Waals surface area (Å²) in [5.74, 6) is -2.91. The molecule has 2 atom stereocenters. The number of Topliss-reactive ketones (excluding diaryl/α,β-unsaturated/α-hetero) is 1. The number of amides is 1. The maximum Gasteiger partial charge on any atom is 0.278 e. The molecule has 0 unspecified atom stereocenters. The van der Waals surface area contributed by atoms with Gasteiger partial charge in [0.25, 0.3) is 5.91 Å². The van der Waals surface area contributed by atoms with Gasteiger partial charge in [-0.1, -0.05) is 54.6 Å². The van der Waals surface area contributed by atoms with Gasteiger partial charge in [-0.05, 0) is 35.7 Å². The van der Waals surface area contributed by atoms with Crippen LogP contribution in [0.4, 0.5) is 8.78 Å². The number of carbonyl (C=O) groups is 2. The van der Waals surface area contributed by atoms with Crippen LogP contribution in [0.25, 0.3) is 0 Å². The summed E-state index contributed by atoms with van der Waals surface area (Å²) < 4.78 is 43.5. The van der Waals surface area contributed by atoms with Crippen LogP contribution in [-0.2, 0) is 17.1 Å². The molecule has 1 saturated heterocycles. The molecule has 0 aliphatic carbocycles. The van der Waals surface area contributed by atoms with E-state index in [9.17, 15) is 18.8 Å². The molecule has 0 radical (unpaired) electrons. The van der Waals surface area contributed by atoms with Crippen LogP contribution in [0.1, 0.15) is 56.1 Å². The van der Waals surface area contributed by atoms with Crippen LogP contribution < -0.4 is 15.2 Å². The van der Waals surface area contributed by atoms with Gasteiger partial charge in [-0.2, -0.15) is 0 Å². The van der Waals surface area contributed by atoms with Crippen molar-refractivity contribution in [3.63, 3.8) is 0 Å². The lowest BCUT2D eigenvalue weighted by Crippen LogP contribution is -2.66. The van der Waals surface area contributed by atoms with E-state index >= 15 is 4.39 Å². The van der Waals surface area contributed by atoms with E-state index in [4.69, 9.17) is 9.47 Å². The summed E-state index contributed by atoms with van der Waals surface area (Å²) in [6, 6.07) is 18.7. The maximum atomic E-state index is 15.5. The zero-order chi connectivity index (χ0) is 30.5. The Morgan fingerprint density at radius 3 is 2.59 bits per heavy atom. The first-order chi connectivity index (χ1) is 21.3. The molecule has 4 aromatic rings. The Labute approximate surface area is 255 Å². The number of hydrogen-bond donors (Lipinski definition) is 0. The molecule has 3 aliphatic rings. The van der Waals surface area contributed by atoms with Crippen LogP contribution in [-0.4, -0.2) is 47.2 Å². The molecule has 1 fully saturated rings. The van der Waals surface area contributed by atoms with Gasteiger partial charge in [0.05, 0.1) is 24.8 Å². The van der Waals surface area contributed by atoms with Gasteiger partial charge < -0.3 is 14.4 Å². The molecule has 0 spiro atoms. The molecule has 0 saturated carbocycles. The summed E-state index contributed by atoms with van der Waals surface area (Å²) >= 11 is 1.39. The lowest BCUT2D eigenvalue weighted by molar-refractivity contribution is -0.0199. The highest BCUT2D eigenvalue weighted by Crippen LogP contribution is 2.45. The van der Waals surface area contributed by atoms with Gasteiger partial charge in [-0.15, -0.1) is 11.8 Å². The van der Waals surface area contributed by atoms with Gasteiger partial charge in [0.1, 0.15) is 12.8 Å². The molecule has 3 aliphatic heterocycles. The first-order valence-corrected chi connectivity index (χ1v) is 15.2. The molecular weight excluding hydrogens is 588 g/mol. The second kappa shape index (κ2) is 11.2. The fraction of sp³-hybridized carbons (Fsp3) is 0.242. The Morgan fingerprint density at radius 2 is 1.80 bits per heavy atom. The second-order valence-electron chi connectivity index (χ2n) is 10.8. The maximum absolute atomic E-state index is 15.5. The molecular formula is C33H27F2N3O5S. The average molecular weight is 616 g/mol. The lowest BCUT2D eigenvalue weighted by Gasteiger charge is -2.51. The quantitative estimate of drug-likeness (QED) is 0.291. The number of rotatable bonds is 5.